The maximum atomic E-state index is 11.7. The molecule has 0 amide bonds. The van der Waals surface area contributed by atoms with E-state index in [2.05, 4.69) is 41.0 Å². The molecule has 40 heavy (non-hydrogen) atoms. The largest absolute Gasteiger partial charge is 0.478 e. The fraction of sp³-hybridized carbons (Fsp3) is 0.176. The highest BCUT2D eigenvalue weighted by Crippen LogP contribution is 2.37. The van der Waals surface area contributed by atoms with Crippen LogP contribution in [0.4, 0.5) is 0 Å². The van der Waals surface area contributed by atoms with Gasteiger partial charge in [-0.25, -0.2) is 19.7 Å². The molecule has 1 aliphatic carbocycles. The van der Waals surface area contributed by atoms with Crippen LogP contribution in [0.1, 0.15) is 48.5 Å². The minimum atomic E-state index is -0.945. The summed E-state index contributed by atoms with van der Waals surface area (Å²) in [7, 11) is 0. The number of hydrogen-bond acceptors (Lipinski definition) is 4. The van der Waals surface area contributed by atoms with Crippen LogP contribution in [0.3, 0.4) is 0 Å². The zero-order valence-corrected chi connectivity index (χ0v) is 22.0. The molecule has 7 rings (SSSR count). The quantitative estimate of drug-likeness (QED) is 0.246. The van der Waals surface area contributed by atoms with E-state index in [0.717, 1.165) is 63.3 Å². The summed E-state index contributed by atoms with van der Waals surface area (Å²) in [6, 6.07) is 32.1. The van der Waals surface area contributed by atoms with Crippen LogP contribution < -0.4 is 0 Å². The average molecular weight is 525 g/mol. The van der Waals surface area contributed by atoms with Crippen molar-refractivity contribution < 1.29 is 9.90 Å². The highest BCUT2D eigenvalue weighted by Gasteiger charge is 2.23. The average Bonchev–Trinajstić information content (AvgIpc) is 3.40. The van der Waals surface area contributed by atoms with Crippen molar-refractivity contribution in [2.75, 3.05) is 0 Å². The second-order valence-corrected chi connectivity index (χ2v) is 10.5. The molecule has 6 heteroatoms. The molecule has 2 heterocycles. The Bertz CT molecular complexity index is 1860. The van der Waals surface area contributed by atoms with Gasteiger partial charge in [-0.1, -0.05) is 79.9 Å². The van der Waals surface area contributed by atoms with Gasteiger partial charge in [0.05, 0.1) is 39.0 Å². The summed E-state index contributed by atoms with van der Waals surface area (Å²) in [5.74, 6) is -0.0964. The Balaban J connectivity index is 1.43. The van der Waals surface area contributed by atoms with Gasteiger partial charge in [-0.3, -0.25) is 0 Å². The third kappa shape index (κ3) is 4.31. The third-order valence-corrected chi connectivity index (χ3v) is 7.89. The third-order valence-electron chi connectivity index (χ3n) is 7.89. The molecule has 4 aromatic carbocycles. The zero-order chi connectivity index (χ0) is 27.1. The highest BCUT2D eigenvalue weighted by atomic mass is 16.4. The lowest BCUT2D eigenvalue weighted by atomic mass is 9.94. The molecular weight excluding hydrogens is 496 g/mol. The molecule has 196 valence electrons. The van der Waals surface area contributed by atoms with Crippen LogP contribution in [0, 0.1) is 0 Å². The summed E-state index contributed by atoms with van der Waals surface area (Å²) in [4.78, 5) is 26.9. The van der Waals surface area contributed by atoms with Gasteiger partial charge in [0.2, 0.25) is 0 Å². The Morgan fingerprint density at radius 3 is 1.95 bits per heavy atom. The van der Waals surface area contributed by atoms with E-state index in [4.69, 9.17) is 15.0 Å². The number of fused-ring (bicyclic) bond motifs is 2. The monoisotopic (exact) mass is 524 g/mol. The van der Waals surface area contributed by atoms with Gasteiger partial charge in [0.25, 0.3) is 0 Å². The first-order valence-electron chi connectivity index (χ1n) is 13.8. The maximum Gasteiger partial charge on any atom is 0.335 e. The van der Waals surface area contributed by atoms with E-state index in [1.807, 2.05) is 48.5 Å². The van der Waals surface area contributed by atoms with Gasteiger partial charge >= 0.3 is 5.97 Å². The minimum absolute atomic E-state index is 0.248. The first kappa shape index (κ1) is 24.2. The topological polar surface area (TPSA) is 80.9 Å². The molecule has 0 aliphatic heterocycles. The smallest absolute Gasteiger partial charge is 0.335 e. The fourth-order valence-corrected chi connectivity index (χ4v) is 5.93. The lowest BCUT2D eigenvalue weighted by molar-refractivity contribution is 0.0697. The van der Waals surface area contributed by atoms with Crippen LogP contribution in [0.25, 0.3) is 56.0 Å². The number of imidazole rings is 1. The normalized spacial score (nSPS) is 14.1. The number of carboxylic acid groups (broad SMARTS) is 1. The molecule has 0 radical (unpaired) electrons. The van der Waals surface area contributed by atoms with Crippen molar-refractivity contribution in [2.45, 2.75) is 38.1 Å². The SMILES string of the molecule is O=C(O)c1ccc2c(c1)nc(-c1ccc3nc(-c4ccccc4)c(-c4ccccc4)nc3c1)n2C1CCCCC1. The van der Waals surface area contributed by atoms with E-state index in [-0.39, 0.29) is 5.56 Å². The molecule has 1 aliphatic rings. The van der Waals surface area contributed by atoms with E-state index in [1.54, 1.807) is 12.1 Å². The van der Waals surface area contributed by atoms with E-state index >= 15 is 0 Å². The molecule has 0 unspecified atom stereocenters. The van der Waals surface area contributed by atoms with Crippen LogP contribution in [0.2, 0.25) is 0 Å². The van der Waals surface area contributed by atoms with Gasteiger partial charge < -0.3 is 9.67 Å². The van der Waals surface area contributed by atoms with Crippen LogP contribution in [0.5, 0.6) is 0 Å². The van der Waals surface area contributed by atoms with E-state index in [9.17, 15) is 9.90 Å². The predicted octanol–water partition coefficient (Wildman–Crippen LogP) is 8.18. The number of aromatic nitrogens is 4. The predicted molar refractivity (Wildman–Crippen MR) is 158 cm³/mol. The first-order valence-corrected chi connectivity index (χ1v) is 13.8. The summed E-state index contributed by atoms with van der Waals surface area (Å²) in [5.41, 5.74) is 8.21. The second kappa shape index (κ2) is 10.0. The Kier molecular flexibility index (Phi) is 6.08. The maximum absolute atomic E-state index is 11.7. The molecule has 1 saturated carbocycles. The summed E-state index contributed by atoms with van der Waals surface area (Å²) in [6.07, 6.45) is 5.79. The van der Waals surface area contributed by atoms with E-state index in [0.29, 0.717) is 11.6 Å². The number of hydrogen-bond donors (Lipinski definition) is 1. The second-order valence-electron chi connectivity index (χ2n) is 10.5. The first-order chi connectivity index (χ1) is 19.7. The Morgan fingerprint density at radius 1 is 0.650 bits per heavy atom. The van der Waals surface area contributed by atoms with Crippen LogP contribution in [-0.2, 0) is 0 Å². The molecule has 6 nitrogen and oxygen atoms in total. The van der Waals surface area contributed by atoms with Gasteiger partial charge in [0.1, 0.15) is 5.82 Å². The molecule has 2 aromatic heterocycles. The van der Waals surface area contributed by atoms with Gasteiger partial charge in [-0.2, -0.15) is 0 Å². The molecule has 1 N–H and O–H groups in total. The summed E-state index contributed by atoms with van der Waals surface area (Å²) >= 11 is 0. The summed E-state index contributed by atoms with van der Waals surface area (Å²) < 4.78 is 2.32. The number of nitrogens with zero attached hydrogens (tertiary/aromatic N) is 4. The molecule has 0 bridgehead atoms. The fourth-order valence-electron chi connectivity index (χ4n) is 5.93. The van der Waals surface area contributed by atoms with Gasteiger partial charge in [0, 0.05) is 22.7 Å². The van der Waals surface area contributed by atoms with Crippen molar-refractivity contribution >= 4 is 28.0 Å². The van der Waals surface area contributed by atoms with Crippen LogP contribution >= 0.6 is 0 Å². The molecule has 0 atom stereocenters. The van der Waals surface area contributed by atoms with Crippen molar-refractivity contribution in [1.82, 2.24) is 19.5 Å². The molecular formula is C34H28N4O2. The Morgan fingerprint density at radius 2 is 1.30 bits per heavy atom. The lowest BCUT2D eigenvalue weighted by Gasteiger charge is -2.25. The molecule has 0 spiro atoms. The van der Waals surface area contributed by atoms with Crippen molar-refractivity contribution in [1.29, 1.82) is 0 Å². The molecule has 1 fully saturated rings. The number of benzene rings is 4. The number of aromatic carboxylic acids is 1. The van der Waals surface area contributed by atoms with E-state index in [1.165, 1.54) is 19.3 Å². The summed E-state index contributed by atoms with van der Waals surface area (Å²) in [6.45, 7) is 0. The van der Waals surface area contributed by atoms with Crippen molar-refractivity contribution in [3.63, 3.8) is 0 Å². The number of carbonyl (C=O) groups is 1. The van der Waals surface area contributed by atoms with Gasteiger partial charge in [-0.15, -0.1) is 0 Å². The van der Waals surface area contributed by atoms with E-state index < -0.39 is 5.97 Å². The standard InChI is InChI=1S/C34H28N4O2/c39-34(40)25-17-19-30-29(21-25)37-33(38(30)26-14-8-3-9-15-26)24-16-18-27-28(20-24)36-32(23-12-6-2-7-13-23)31(35-27)22-10-4-1-5-11-22/h1-2,4-7,10-13,16-21,26H,3,8-9,14-15H2,(H,39,40). The summed E-state index contributed by atoms with van der Waals surface area (Å²) in [5, 5.41) is 9.58. The highest BCUT2D eigenvalue weighted by molar-refractivity contribution is 5.94. The molecule has 0 saturated heterocycles. The zero-order valence-electron chi connectivity index (χ0n) is 22.0. The Labute approximate surface area is 232 Å². The van der Waals surface area contributed by atoms with Gasteiger partial charge in [0.15, 0.2) is 0 Å². The Hall–Kier alpha value is -4.84. The van der Waals surface area contributed by atoms with Crippen LogP contribution in [-0.4, -0.2) is 30.6 Å². The minimum Gasteiger partial charge on any atom is -0.478 e. The number of carboxylic acids is 1. The molecule has 6 aromatic rings. The van der Waals surface area contributed by atoms with Crippen molar-refractivity contribution in [3.8, 4) is 33.9 Å². The number of rotatable bonds is 5. The van der Waals surface area contributed by atoms with Crippen molar-refractivity contribution in [3.05, 3.63) is 103 Å². The lowest BCUT2D eigenvalue weighted by Crippen LogP contribution is -2.14. The van der Waals surface area contributed by atoms with Gasteiger partial charge in [-0.05, 0) is 49.2 Å². The van der Waals surface area contributed by atoms with Crippen LogP contribution in [0.15, 0.2) is 97.1 Å². The van der Waals surface area contributed by atoms with Crippen molar-refractivity contribution in [2.24, 2.45) is 0 Å².